The van der Waals surface area contributed by atoms with E-state index < -0.39 is 11.9 Å². The number of para-hydroxylation sites is 1. The molecule has 0 atom stereocenters. The summed E-state index contributed by atoms with van der Waals surface area (Å²) in [7, 11) is 0. The summed E-state index contributed by atoms with van der Waals surface area (Å²) in [6, 6.07) is 13.1. The molecule has 0 bridgehead atoms. The van der Waals surface area contributed by atoms with Gasteiger partial charge in [0.1, 0.15) is 5.82 Å². The third-order valence-corrected chi connectivity index (χ3v) is 5.16. The maximum atomic E-state index is 12.2. The van der Waals surface area contributed by atoms with Gasteiger partial charge in [0.2, 0.25) is 0 Å². The second kappa shape index (κ2) is 6.84. The number of fused-ring (bicyclic) bond motifs is 1. The Kier molecular flexibility index (Phi) is 4.35. The number of carboxylic acids is 1. The number of carbonyl (C=O) groups excluding carboxylic acids is 1. The Hall–Kier alpha value is -3.61. The number of amides is 1. The molecule has 7 nitrogen and oxygen atoms in total. The molecule has 1 aromatic carbocycles. The maximum absolute atomic E-state index is 12.2. The van der Waals surface area contributed by atoms with E-state index in [0.717, 1.165) is 29.1 Å². The second-order valence-electron chi connectivity index (χ2n) is 6.80. The molecule has 142 valence electrons. The van der Waals surface area contributed by atoms with E-state index in [2.05, 4.69) is 9.55 Å². The number of carboxylic acid groups (broad SMARTS) is 1. The van der Waals surface area contributed by atoms with Crippen LogP contribution in [0.5, 0.6) is 0 Å². The van der Waals surface area contributed by atoms with Crippen LogP contribution in [0.3, 0.4) is 0 Å². The summed E-state index contributed by atoms with van der Waals surface area (Å²) in [6.07, 6.45) is 2.07. The van der Waals surface area contributed by atoms with Gasteiger partial charge in [-0.15, -0.1) is 0 Å². The van der Waals surface area contributed by atoms with E-state index in [0.29, 0.717) is 24.5 Å². The molecule has 0 saturated carbocycles. The first-order valence-electron chi connectivity index (χ1n) is 9.00. The fourth-order valence-corrected chi connectivity index (χ4v) is 3.90. The summed E-state index contributed by atoms with van der Waals surface area (Å²) >= 11 is 0. The fraction of sp³-hybridized carbons (Fsp3) is 0.190. The molecule has 0 unspecified atom stereocenters. The number of aromatic carboxylic acids is 1. The van der Waals surface area contributed by atoms with Crippen LogP contribution in [-0.4, -0.2) is 33.1 Å². The number of aromatic nitrogens is 2. The van der Waals surface area contributed by atoms with E-state index in [1.54, 1.807) is 6.07 Å². The first-order chi connectivity index (χ1) is 13.5. The molecule has 1 aliphatic rings. The molecule has 3 N–H and O–H groups in total. The summed E-state index contributed by atoms with van der Waals surface area (Å²) < 4.78 is 2.10. The SMILES string of the molecule is Cc1c(C(N)=O)c2c(n1-c1ccccc1)CCN(c1ccc(C(=O)O)cn1)C2. The first kappa shape index (κ1) is 17.8. The van der Waals surface area contributed by atoms with Gasteiger partial charge in [0.15, 0.2) is 0 Å². The highest BCUT2D eigenvalue weighted by atomic mass is 16.4. The first-order valence-corrected chi connectivity index (χ1v) is 9.00. The van der Waals surface area contributed by atoms with Crippen LogP contribution in [0.15, 0.2) is 48.7 Å². The lowest BCUT2D eigenvalue weighted by Crippen LogP contribution is -2.32. The number of carbonyl (C=O) groups is 2. The zero-order valence-corrected chi connectivity index (χ0v) is 15.4. The Morgan fingerprint density at radius 2 is 1.89 bits per heavy atom. The smallest absolute Gasteiger partial charge is 0.337 e. The predicted molar refractivity (Wildman–Crippen MR) is 105 cm³/mol. The van der Waals surface area contributed by atoms with Crippen molar-refractivity contribution in [1.29, 1.82) is 0 Å². The van der Waals surface area contributed by atoms with Crippen molar-refractivity contribution in [3.8, 4) is 5.69 Å². The molecule has 0 fully saturated rings. The van der Waals surface area contributed by atoms with Crippen molar-refractivity contribution in [2.24, 2.45) is 5.73 Å². The van der Waals surface area contributed by atoms with Gasteiger partial charge >= 0.3 is 5.97 Å². The Morgan fingerprint density at radius 3 is 2.50 bits per heavy atom. The van der Waals surface area contributed by atoms with E-state index in [-0.39, 0.29) is 5.56 Å². The molecule has 28 heavy (non-hydrogen) atoms. The van der Waals surface area contributed by atoms with E-state index in [1.165, 1.54) is 12.3 Å². The predicted octanol–water partition coefficient (Wildman–Crippen LogP) is 2.54. The molecule has 2 aromatic heterocycles. The average molecular weight is 376 g/mol. The lowest BCUT2D eigenvalue weighted by atomic mass is 10.0. The number of hydrogen-bond acceptors (Lipinski definition) is 4. The highest BCUT2D eigenvalue weighted by molar-refractivity contribution is 5.96. The zero-order valence-electron chi connectivity index (χ0n) is 15.4. The second-order valence-corrected chi connectivity index (χ2v) is 6.80. The lowest BCUT2D eigenvalue weighted by Gasteiger charge is -2.29. The summed E-state index contributed by atoms with van der Waals surface area (Å²) in [5, 5.41) is 9.05. The number of nitrogens with zero attached hydrogens (tertiary/aromatic N) is 3. The largest absolute Gasteiger partial charge is 0.478 e. The van der Waals surface area contributed by atoms with Crippen LogP contribution in [-0.2, 0) is 13.0 Å². The summed E-state index contributed by atoms with van der Waals surface area (Å²) in [6.45, 7) is 3.12. The van der Waals surface area contributed by atoms with Crippen molar-refractivity contribution in [1.82, 2.24) is 9.55 Å². The molecular weight excluding hydrogens is 356 g/mol. The number of rotatable bonds is 4. The summed E-state index contributed by atoms with van der Waals surface area (Å²) in [5.41, 5.74) is 10.2. The van der Waals surface area contributed by atoms with Crippen LogP contribution >= 0.6 is 0 Å². The van der Waals surface area contributed by atoms with Crippen LogP contribution in [0.25, 0.3) is 5.69 Å². The normalized spacial score (nSPS) is 13.2. The molecule has 1 aliphatic heterocycles. The highest BCUT2D eigenvalue weighted by Crippen LogP contribution is 2.32. The summed E-state index contributed by atoms with van der Waals surface area (Å²) in [5.74, 6) is -0.776. The lowest BCUT2D eigenvalue weighted by molar-refractivity contribution is 0.0696. The topological polar surface area (TPSA) is 101 Å². The molecule has 3 heterocycles. The molecule has 0 radical (unpaired) electrons. The highest BCUT2D eigenvalue weighted by Gasteiger charge is 2.29. The third-order valence-electron chi connectivity index (χ3n) is 5.16. The van der Waals surface area contributed by atoms with Crippen molar-refractivity contribution in [2.45, 2.75) is 19.9 Å². The van der Waals surface area contributed by atoms with Crippen LogP contribution in [0.2, 0.25) is 0 Å². The van der Waals surface area contributed by atoms with E-state index in [4.69, 9.17) is 10.8 Å². The number of primary amides is 1. The minimum Gasteiger partial charge on any atom is -0.478 e. The van der Waals surface area contributed by atoms with Gasteiger partial charge in [0, 0.05) is 48.3 Å². The van der Waals surface area contributed by atoms with Crippen molar-refractivity contribution in [3.63, 3.8) is 0 Å². The molecule has 0 aliphatic carbocycles. The van der Waals surface area contributed by atoms with Crippen LogP contribution in [0, 0.1) is 6.92 Å². The zero-order chi connectivity index (χ0) is 19.8. The number of nitrogens with two attached hydrogens (primary N) is 1. The van der Waals surface area contributed by atoms with Crippen molar-refractivity contribution >= 4 is 17.7 Å². The Labute approximate surface area is 162 Å². The van der Waals surface area contributed by atoms with E-state index >= 15 is 0 Å². The van der Waals surface area contributed by atoms with Crippen molar-refractivity contribution < 1.29 is 14.7 Å². The Morgan fingerprint density at radius 1 is 1.14 bits per heavy atom. The number of pyridine rings is 1. The van der Waals surface area contributed by atoms with Gasteiger partial charge < -0.3 is 20.3 Å². The van der Waals surface area contributed by atoms with Gasteiger partial charge in [-0.2, -0.15) is 0 Å². The molecule has 0 saturated heterocycles. The molecule has 7 heteroatoms. The van der Waals surface area contributed by atoms with Crippen molar-refractivity contribution in [3.05, 3.63) is 76.7 Å². The van der Waals surface area contributed by atoms with Crippen LogP contribution in [0.1, 0.15) is 37.7 Å². The molecule has 4 rings (SSSR count). The molecule has 1 amide bonds. The monoisotopic (exact) mass is 376 g/mol. The van der Waals surface area contributed by atoms with Crippen LogP contribution < -0.4 is 10.6 Å². The number of hydrogen-bond donors (Lipinski definition) is 2. The summed E-state index contributed by atoms with van der Waals surface area (Å²) in [4.78, 5) is 29.6. The number of anilines is 1. The standard InChI is InChI=1S/C21H20N4O3/c1-13-19(20(22)26)16-12-24(18-8-7-14(11-23-18)21(27)28)10-9-17(16)25(13)15-5-3-2-4-6-15/h2-8,11H,9-10,12H2,1H3,(H2,22,26)(H,27,28). The molecule has 3 aromatic rings. The fourth-order valence-electron chi connectivity index (χ4n) is 3.90. The average Bonchev–Trinajstić information content (AvgIpc) is 2.99. The maximum Gasteiger partial charge on any atom is 0.337 e. The van der Waals surface area contributed by atoms with Crippen molar-refractivity contribution in [2.75, 3.05) is 11.4 Å². The van der Waals surface area contributed by atoms with Gasteiger partial charge in [-0.25, -0.2) is 9.78 Å². The Bertz CT molecular complexity index is 1060. The van der Waals surface area contributed by atoms with Gasteiger partial charge in [-0.05, 0) is 31.2 Å². The molecule has 0 spiro atoms. The minimum atomic E-state index is -1.01. The Balaban J connectivity index is 1.76. The van der Waals surface area contributed by atoms with E-state index in [9.17, 15) is 9.59 Å². The minimum absolute atomic E-state index is 0.144. The van der Waals surface area contributed by atoms with Gasteiger partial charge in [0.05, 0.1) is 11.1 Å². The molecular formula is C21H20N4O3. The van der Waals surface area contributed by atoms with E-state index in [1.807, 2.05) is 42.2 Å². The number of benzene rings is 1. The van der Waals surface area contributed by atoms with Crippen LogP contribution in [0.4, 0.5) is 5.82 Å². The van der Waals surface area contributed by atoms with Gasteiger partial charge in [-0.3, -0.25) is 4.79 Å². The van der Waals surface area contributed by atoms with Gasteiger partial charge in [-0.1, -0.05) is 18.2 Å². The quantitative estimate of drug-likeness (QED) is 0.729. The third kappa shape index (κ3) is 2.90. The van der Waals surface area contributed by atoms with Gasteiger partial charge in [0.25, 0.3) is 5.91 Å².